The van der Waals surface area contributed by atoms with Crippen LogP contribution in [0.3, 0.4) is 0 Å². The van der Waals surface area contributed by atoms with Gasteiger partial charge in [-0.15, -0.1) is 10.2 Å². The lowest BCUT2D eigenvalue weighted by atomic mass is 9.76. The Morgan fingerprint density at radius 2 is 1.92 bits per heavy atom. The quantitative estimate of drug-likeness (QED) is 0.806. The number of aromatic nitrogens is 4. The number of nitrogens with zero attached hydrogens (tertiary/aromatic N) is 4. The van der Waals surface area contributed by atoms with Crippen molar-refractivity contribution in [3.8, 4) is 0 Å². The van der Waals surface area contributed by atoms with Crippen LogP contribution in [0.25, 0.3) is 0 Å². The monoisotopic (exact) mass is 360 g/mol. The van der Waals surface area contributed by atoms with Gasteiger partial charge in [0, 0.05) is 29.5 Å². The molecule has 3 heterocycles. The van der Waals surface area contributed by atoms with Crippen molar-refractivity contribution < 1.29 is 0 Å². The van der Waals surface area contributed by atoms with Gasteiger partial charge in [0.15, 0.2) is 0 Å². The predicted octanol–water partition coefficient (Wildman–Crippen LogP) is 1.99. The fraction of sp³-hybridized carbons (Fsp3) is 0.647. The summed E-state index contributed by atoms with van der Waals surface area (Å²) in [5, 5.41) is 9.46. The summed E-state index contributed by atoms with van der Waals surface area (Å²) in [7, 11) is 0. The molecule has 0 saturated carbocycles. The van der Waals surface area contributed by atoms with Crippen LogP contribution in [0.15, 0.2) is 4.79 Å². The molecule has 1 aliphatic carbocycles. The maximum absolute atomic E-state index is 12.6. The van der Waals surface area contributed by atoms with E-state index < -0.39 is 0 Å². The number of aromatic amines is 1. The molecule has 0 unspecified atom stereocenters. The van der Waals surface area contributed by atoms with E-state index in [1.54, 1.807) is 0 Å². The van der Waals surface area contributed by atoms with Crippen molar-refractivity contribution in [2.24, 2.45) is 0 Å². The van der Waals surface area contributed by atoms with E-state index in [2.05, 4.69) is 40.9 Å². The number of hydrogen-bond donors (Lipinski definition) is 2. The maximum Gasteiger partial charge on any atom is 0.254 e. The normalized spacial score (nSPS) is 19.4. The van der Waals surface area contributed by atoms with Crippen LogP contribution < -0.4 is 16.2 Å². The van der Waals surface area contributed by atoms with Crippen LogP contribution in [0.4, 0.5) is 10.3 Å². The molecule has 0 radical (unpaired) electrons. The molecule has 0 aromatic carbocycles. The average molecular weight is 360 g/mol. The van der Waals surface area contributed by atoms with E-state index in [4.69, 9.17) is 10.7 Å². The summed E-state index contributed by atoms with van der Waals surface area (Å²) in [5.41, 5.74) is 7.55. The van der Waals surface area contributed by atoms with Gasteiger partial charge in [0.2, 0.25) is 10.3 Å². The number of nitrogens with one attached hydrogen (secondary N) is 1. The van der Waals surface area contributed by atoms with Crippen molar-refractivity contribution in [3.05, 3.63) is 27.4 Å². The highest BCUT2D eigenvalue weighted by Gasteiger charge is 2.44. The first-order valence-electron chi connectivity index (χ1n) is 8.77. The first-order valence-corrected chi connectivity index (χ1v) is 9.58. The molecule has 1 saturated heterocycles. The predicted molar refractivity (Wildman–Crippen MR) is 99.3 cm³/mol. The van der Waals surface area contributed by atoms with Crippen LogP contribution in [-0.4, -0.2) is 33.3 Å². The number of hydrogen-bond acceptors (Lipinski definition) is 7. The molecule has 7 nitrogen and oxygen atoms in total. The lowest BCUT2D eigenvalue weighted by Crippen LogP contribution is -2.42. The van der Waals surface area contributed by atoms with E-state index in [9.17, 15) is 4.79 Å². The molecule has 25 heavy (non-hydrogen) atoms. The van der Waals surface area contributed by atoms with E-state index in [0.29, 0.717) is 5.13 Å². The van der Waals surface area contributed by atoms with Gasteiger partial charge < -0.3 is 15.6 Å². The smallest absolute Gasteiger partial charge is 0.254 e. The highest BCUT2D eigenvalue weighted by atomic mass is 32.1. The Balaban J connectivity index is 1.64. The van der Waals surface area contributed by atoms with E-state index in [1.165, 1.54) is 11.3 Å². The number of anilines is 2. The molecule has 2 aliphatic rings. The molecular formula is C17H24N6OS. The molecule has 1 spiro atoms. The fourth-order valence-corrected chi connectivity index (χ4v) is 4.64. The SMILES string of the molecule is CC(C)(C)c1nc2c(c(=O)[nH]1)CCC21CCN(c2nnc(N)s2)CC1. The topological polar surface area (TPSA) is 101 Å². The highest BCUT2D eigenvalue weighted by molar-refractivity contribution is 7.18. The lowest BCUT2D eigenvalue weighted by Gasteiger charge is -2.39. The van der Waals surface area contributed by atoms with Gasteiger partial charge in [0.1, 0.15) is 5.82 Å². The molecule has 4 rings (SSSR count). The number of H-pyrrole nitrogens is 1. The maximum atomic E-state index is 12.6. The molecule has 1 fully saturated rings. The summed E-state index contributed by atoms with van der Waals surface area (Å²) < 4.78 is 0. The number of nitrogens with two attached hydrogens (primary N) is 1. The number of nitrogen functional groups attached to an aromatic ring is 1. The van der Waals surface area contributed by atoms with Gasteiger partial charge in [-0.3, -0.25) is 4.79 Å². The molecular weight excluding hydrogens is 336 g/mol. The Bertz CT molecular complexity index is 857. The van der Waals surface area contributed by atoms with Crippen molar-refractivity contribution in [1.29, 1.82) is 0 Å². The zero-order valence-corrected chi connectivity index (χ0v) is 15.7. The summed E-state index contributed by atoms with van der Waals surface area (Å²) in [6.07, 6.45) is 3.81. The standard InChI is InChI=1S/C17H24N6OS/c1-16(2,3)13-19-11-10(12(24)20-13)4-5-17(11)6-8-23(9-7-17)15-22-21-14(18)25-15/h4-9H2,1-3H3,(H2,18,21)(H,19,20,24). The lowest BCUT2D eigenvalue weighted by molar-refractivity contribution is 0.320. The minimum absolute atomic E-state index is 0.0241. The Morgan fingerprint density at radius 1 is 1.20 bits per heavy atom. The van der Waals surface area contributed by atoms with E-state index in [-0.39, 0.29) is 16.4 Å². The third kappa shape index (κ3) is 2.72. The second kappa shape index (κ2) is 5.52. The Hall–Kier alpha value is -1.96. The van der Waals surface area contributed by atoms with Gasteiger partial charge in [0.05, 0.1) is 5.69 Å². The Labute approximate surface area is 150 Å². The van der Waals surface area contributed by atoms with E-state index >= 15 is 0 Å². The van der Waals surface area contributed by atoms with Crippen molar-refractivity contribution in [3.63, 3.8) is 0 Å². The fourth-order valence-electron chi connectivity index (χ4n) is 3.97. The van der Waals surface area contributed by atoms with Crippen LogP contribution >= 0.6 is 11.3 Å². The largest absolute Gasteiger partial charge is 0.374 e. The van der Waals surface area contributed by atoms with E-state index in [0.717, 1.165) is 61.0 Å². The minimum atomic E-state index is -0.164. The van der Waals surface area contributed by atoms with Crippen LogP contribution in [-0.2, 0) is 17.3 Å². The molecule has 134 valence electrons. The first-order chi connectivity index (χ1) is 11.8. The molecule has 2 aromatic rings. The summed E-state index contributed by atoms with van der Waals surface area (Å²) in [6.45, 7) is 8.05. The number of piperidine rings is 1. The third-order valence-corrected chi connectivity index (χ3v) is 6.32. The number of fused-ring (bicyclic) bond motifs is 2. The molecule has 0 bridgehead atoms. The third-order valence-electron chi connectivity index (χ3n) is 5.50. The average Bonchev–Trinajstić information content (AvgIpc) is 3.13. The summed E-state index contributed by atoms with van der Waals surface area (Å²) in [4.78, 5) is 22.7. The second-order valence-corrected chi connectivity index (χ2v) is 9.17. The van der Waals surface area contributed by atoms with Crippen molar-refractivity contribution in [2.75, 3.05) is 23.7 Å². The van der Waals surface area contributed by atoms with Gasteiger partial charge >= 0.3 is 0 Å². The van der Waals surface area contributed by atoms with Gasteiger partial charge in [-0.05, 0) is 25.7 Å². The van der Waals surface area contributed by atoms with Gasteiger partial charge in [0.25, 0.3) is 5.56 Å². The summed E-state index contributed by atoms with van der Waals surface area (Å²) in [5.74, 6) is 0.789. The Kier molecular flexibility index (Phi) is 3.64. The molecule has 2 aromatic heterocycles. The van der Waals surface area contributed by atoms with Gasteiger partial charge in [-0.2, -0.15) is 0 Å². The van der Waals surface area contributed by atoms with Crippen molar-refractivity contribution >= 4 is 21.6 Å². The number of rotatable bonds is 1. The van der Waals surface area contributed by atoms with Crippen LogP contribution in [0.1, 0.15) is 57.1 Å². The molecule has 8 heteroatoms. The summed E-state index contributed by atoms with van der Waals surface area (Å²) in [6, 6.07) is 0. The van der Waals surface area contributed by atoms with Crippen LogP contribution in [0.5, 0.6) is 0 Å². The Morgan fingerprint density at radius 3 is 2.52 bits per heavy atom. The molecule has 1 aliphatic heterocycles. The minimum Gasteiger partial charge on any atom is -0.374 e. The van der Waals surface area contributed by atoms with E-state index in [1.807, 2.05) is 0 Å². The zero-order chi connectivity index (χ0) is 17.8. The highest BCUT2D eigenvalue weighted by Crippen LogP contribution is 2.45. The van der Waals surface area contributed by atoms with Crippen molar-refractivity contribution in [2.45, 2.75) is 57.3 Å². The van der Waals surface area contributed by atoms with Gasteiger partial charge in [-0.1, -0.05) is 32.1 Å². The molecule has 0 amide bonds. The first kappa shape index (κ1) is 16.5. The van der Waals surface area contributed by atoms with Gasteiger partial charge in [-0.25, -0.2) is 4.98 Å². The molecule has 0 atom stereocenters. The molecule has 3 N–H and O–H groups in total. The second-order valence-electron chi connectivity index (χ2n) is 8.18. The van der Waals surface area contributed by atoms with Crippen LogP contribution in [0, 0.1) is 0 Å². The summed E-state index contributed by atoms with van der Waals surface area (Å²) >= 11 is 1.43. The van der Waals surface area contributed by atoms with Crippen molar-refractivity contribution in [1.82, 2.24) is 20.2 Å². The van der Waals surface area contributed by atoms with Crippen LogP contribution in [0.2, 0.25) is 0 Å². The zero-order valence-electron chi connectivity index (χ0n) is 14.9.